The Kier molecular flexibility index (Phi) is 7.11. The zero-order valence-corrected chi connectivity index (χ0v) is 19.1. The van der Waals surface area contributed by atoms with Gasteiger partial charge in [-0.2, -0.15) is 13.9 Å². The zero-order valence-electron chi connectivity index (χ0n) is 18.3. The number of carbonyl (C=O) groups is 1. The van der Waals surface area contributed by atoms with Crippen molar-refractivity contribution in [2.45, 2.75) is 26.4 Å². The predicted molar refractivity (Wildman–Crippen MR) is 122 cm³/mol. The predicted octanol–water partition coefficient (Wildman–Crippen LogP) is 5.43. The van der Waals surface area contributed by atoms with E-state index >= 15 is 0 Å². The summed E-state index contributed by atoms with van der Waals surface area (Å²) in [6, 6.07) is 9.35. The lowest BCUT2D eigenvalue weighted by Gasteiger charge is -2.19. The Bertz CT molecular complexity index is 1380. The maximum Gasteiger partial charge on any atom is 0.387 e. The Balaban J connectivity index is 1.83. The Morgan fingerprint density at radius 3 is 2.54 bits per heavy atom. The number of benzene rings is 2. The molecule has 11 heteroatoms. The van der Waals surface area contributed by atoms with Gasteiger partial charge in [0, 0.05) is 23.9 Å². The second kappa shape index (κ2) is 10.2. The monoisotopic (exact) mass is 505 g/mol. The van der Waals surface area contributed by atoms with Crippen LogP contribution in [0.15, 0.2) is 48.8 Å². The van der Waals surface area contributed by atoms with Crippen LogP contribution >= 0.6 is 11.6 Å². The summed E-state index contributed by atoms with van der Waals surface area (Å²) in [6.07, 6.45) is 3.60. The van der Waals surface area contributed by atoms with Crippen molar-refractivity contribution in [1.29, 1.82) is 0 Å². The van der Waals surface area contributed by atoms with Crippen LogP contribution in [0.3, 0.4) is 0 Å². The quantitative estimate of drug-likeness (QED) is 0.326. The molecule has 0 bridgehead atoms. The topological polar surface area (TPSA) is 86.5 Å². The Morgan fingerprint density at radius 2 is 1.94 bits per heavy atom. The van der Waals surface area contributed by atoms with Gasteiger partial charge in [0.2, 0.25) is 0 Å². The van der Waals surface area contributed by atoms with Crippen molar-refractivity contribution < 1.29 is 32.5 Å². The third-order valence-corrected chi connectivity index (χ3v) is 5.41. The van der Waals surface area contributed by atoms with Crippen LogP contribution in [0.1, 0.15) is 23.7 Å². The Hall–Kier alpha value is -3.79. The summed E-state index contributed by atoms with van der Waals surface area (Å²) in [5.41, 5.74) is 1.93. The number of hydrogen-bond donors (Lipinski definition) is 1. The molecular formula is C24H19ClF3N3O4. The van der Waals surface area contributed by atoms with Crippen LogP contribution in [-0.2, 0) is 17.6 Å². The molecule has 2 heterocycles. The summed E-state index contributed by atoms with van der Waals surface area (Å²) in [5, 5.41) is 13.4. The van der Waals surface area contributed by atoms with Crippen LogP contribution in [0.25, 0.3) is 16.6 Å². The number of aromatic nitrogens is 3. The van der Waals surface area contributed by atoms with Crippen molar-refractivity contribution >= 4 is 28.5 Å². The number of halogens is 4. The summed E-state index contributed by atoms with van der Waals surface area (Å²) >= 11 is 5.92. The number of alkyl halides is 2. The Labute approximate surface area is 202 Å². The molecule has 0 atom stereocenters. The first kappa shape index (κ1) is 24.3. The van der Waals surface area contributed by atoms with Crippen molar-refractivity contribution in [3.63, 3.8) is 0 Å². The van der Waals surface area contributed by atoms with Crippen molar-refractivity contribution in [3.05, 3.63) is 76.5 Å². The van der Waals surface area contributed by atoms with Crippen molar-refractivity contribution in [2.75, 3.05) is 6.61 Å². The molecule has 0 saturated heterocycles. The molecule has 2 aromatic carbocycles. The minimum atomic E-state index is -3.22. The number of fused-ring (bicyclic) bond motifs is 1. The average molecular weight is 506 g/mol. The molecule has 7 nitrogen and oxygen atoms in total. The fourth-order valence-corrected chi connectivity index (χ4v) is 3.86. The summed E-state index contributed by atoms with van der Waals surface area (Å²) in [6.45, 7) is -2.21. The molecule has 2 aromatic heterocycles. The molecule has 4 rings (SSSR count). The van der Waals surface area contributed by atoms with Gasteiger partial charge in [-0.15, -0.1) is 0 Å². The second-order valence-corrected chi connectivity index (χ2v) is 7.93. The molecule has 0 radical (unpaired) electrons. The lowest BCUT2D eigenvalue weighted by molar-refractivity contribution is -0.139. The number of aryl methyl sites for hydroxylation is 1. The van der Waals surface area contributed by atoms with Gasteiger partial charge in [-0.25, -0.2) is 18.9 Å². The number of pyridine rings is 1. The van der Waals surface area contributed by atoms with E-state index in [2.05, 4.69) is 10.1 Å². The van der Waals surface area contributed by atoms with E-state index in [-0.39, 0.29) is 28.8 Å². The van der Waals surface area contributed by atoms with Gasteiger partial charge in [0.05, 0.1) is 22.3 Å². The molecule has 0 aliphatic rings. The zero-order chi connectivity index (χ0) is 25.1. The third kappa shape index (κ3) is 5.32. The van der Waals surface area contributed by atoms with Crippen LogP contribution in [0, 0.1) is 5.82 Å². The number of nitrogens with zero attached hydrogens (tertiary/aromatic N) is 3. The lowest BCUT2D eigenvalue weighted by atomic mass is 9.98. The first-order valence-electron chi connectivity index (χ1n) is 10.5. The van der Waals surface area contributed by atoms with Gasteiger partial charge >= 0.3 is 12.6 Å². The summed E-state index contributed by atoms with van der Waals surface area (Å²) < 4.78 is 53.4. The number of ether oxygens (including phenoxy) is 2. The van der Waals surface area contributed by atoms with Gasteiger partial charge in [-0.3, -0.25) is 0 Å². The van der Waals surface area contributed by atoms with Crippen LogP contribution in [0.4, 0.5) is 13.2 Å². The smallest absolute Gasteiger partial charge is 0.387 e. The van der Waals surface area contributed by atoms with Crippen LogP contribution in [0.2, 0.25) is 5.02 Å². The summed E-state index contributed by atoms with van der Waals surface area (Å²) in [5.74, 6) is -2.48. The van der Waals surface area contributed by atoms with E-state index in [0.29, 0.717) is 22.7 Å². The fourth-order valence-electron chi connectivity index (χ4n) is 3.73. The molecule has 4 aromatic rings. The van der Waals surface area contributed by atoms with E-state index < -0.39 is 25.0 Å². The average Bonchev–Trinajstić information content (AvgIpc) is 3.26. The van der Waals surface area contributed by atoms with E-state index in [1.165, 1.54) is 12.3 Å². The van der Waals surface area contributed by atoms with Crippen LogP contribution in [0.5, 0.6) is 11.5 Å². The van der Waals surface area contributed by atoms with Crippen molar-refractivity contribution in [2.24, 2.45) is 0 Å². The number of rotatable bonds is 9. The first-order chi connectivity index (χ1) is 16.8. The molecule has 182 valence electrons. The van der Waals surface area contributed by atoms with E-state index in [4.69, 9.17) is 26.2 Å². The molecule has 35 heavy (non-hydrogen) atoms. The van der Waals surface area contributed by atoms with Gasteiger partial charge in [-0.1, -0.05) is 30.7 Å². The maximum absolute atomic E-state index is 14.7. The van der Waals surface area contributed by atoms with Crippen molar-refractivity contribution in [1.82, 2.24) is 14.8 Å². The van der Waals surface area contributed by atoms with E-state index in [1.807, 2.05) is 0 Å². The molecule has 0 fully saturated rings. The standard InChI is InChI=1S/C24H19ClF3N3O4/c1-2-18-16(9-13-3-5-15(6-4-13)31-11-14(25)10-29-31)23(35-24(27)28)21-19(34-12-20(32)33)8-7-17(26)22(21)30-18/h3-8,10-11,24H,2,9,12H2,1H3,(H,32,33). The molecule has 0 aliphatic heterocycles. The van der Waals surface area contributed by atoms with Crippen molar-refractivity contribution in [3.8, 4) is 17.2 Å². The minimum Gasteiger partial charge on any atom is -0.481 e. The van der Waals surface area contributed by atoms with Gasteiger partial charge < -0.3 is 14.6 Å². The largest absolute Gasteiger partial charge is 0.481 e. The van der Waals surface area contributed by atoms with Gasteiger partial charge in [0.15, 0.2) is 6.61 Å². The molecule has 0 amide bonds. The molecular weight excluding hydrogens is 487 g/mol. The van der Waals surface area contributed by atoms with Crippen LogP contribution < -0.4 is 9.47 Å². The normalized spacial score (nSPS) is 11.3. The highest BCUT2D eigenvalue weighted by molar-refractivity contribution is 6.30. The number of carboxylic acid groups (broad SMARTS) is 1. The lowest BCUT2D eigenvalue weighted by Crippen LogP contribution is -2.13. The number of hydrogen-bond acceptors (Lipinski definition) is 5. The highest BCUT2D eigenvalue weighted by Crippen LogP contribution is 2.40. The first-order valence-corrected chi connectivity index (χ1v) is 10.9. The van der Waals surface area contributed by atoms with Gasteiger partial charge in [0.25, 0.3) is 0 Å². The highest BCUT2D eigenvalue weighted by Gasteiger charge is 2.24. The molecule has 0 saturated carbocycles. The van der Waals surface area contributed by atoms with E-state index in [9.17, 15) is 18.0 Å². The molecule has 0 unspecified atom stereocenters. The van der Waals surface area contributed by atoms with Crippen LogP contribution in [-0.4, -0.2) is 39.1 Å². The third-order valence-electron chi connectivity index (χ3n) is 5.21. The maximum atomic E-state index is 14.7. The molecule has 0 aliphatic carbocycles. The van der Waals surface area contributed by atoms with Gasteiger partial charge in [0.1, 0.15) is 22.8 Å². The van der Waals surface area contributed by atoms with Gasteiger partial charge in [-0.05, 0) is 36.2 Å². The molecule has 1 N–H and O–H groups in total. The second-order valence-electron chi connectivity index (χ2n) is 7.50. The van der Waals surface area contributed by atoms with E-state index in [0.717, 1.165) is 17.3 Å². The summed E-state index contributed by atoms with van der Waals surface area (Å²) in [7, 11) is 0. The minimum absolute atomic E-state index is 0.123. The molecule has 0 spiro atoms. The number of aliphatic carboxylic acids is 1. The van der Waals surface area contributed by atoms with E-state index in [1.54, 1.807) is 42.1 Å². The SMILES string of the molecule is CCc1nc2c(F)ccc(OCC(=O)O)c2c(OC(F)F)c1Cc1ccc(-n2cc(Cl)cn2)cc1. The fraction of sp³-hybridized carbons (Fsp3) is 0.208. The summed E-state index contributed by atoms with van der Waals surface area (Å²) in [4.78, 5) is 15.4. The number of carboxylic acids is 1. The highest BCUT2D eigenvalue weighted by atomic mass is 35.5. The Morgan fingerprint density at radius 1 is 1.20 bits per heavy atom.